The summed E-state index contributed by atoms with van der Waals surface area (Å²) >= 11 is 0. The summed E-state index contributed by atoms with van der Waals surface area (Å²) in [6.07, 6.45) is 8.47. The Balaban J connectivity index is 1.96. The minimum absolute atomic E-state index is 0.234. The third-order valence-electron chi connectivity index (χ3n) is 6.21. The molecule has 2 heterocycles. The van der Waals surface area contributed by atoms with Gasteiger partial charge < -0.3 is 14.0 Å². The average molecular weight is 318 g/mol. The summed E-state index contributed by atoms with van der Waals surface area (Å²) in [6.45, 7) is 14.0. The van der Waals surface area contributed by atoms with Gasteiger partial charge in [-0.25, -0.2) is 0 Å². The first-order valence-electron chi connectivity index (χ1n) is 9.14. The first-order valence-corrected chi connectivity index (χ1v) is 9.14. The van der Waals surface area contributed by atoms with Crippen molar-refractivity contribution in [3.8, 4) is 0 Å². The van der Waals surface area contributed by atoms with Gasteiger partial charge in [0.05, 0.1) is 24.4 Å². The molecule has 0 amide bonds. The Bertz CT molecular complexity index is 473. The Morgan fingerprint density at radius 3 is 2.26 bits per heavy atom. The molecule has 0 N–H and O–H groups in total. The van der Waals surface area contributed by atoms with E-state index >= 15 is 0 Å². The number of hydrogen-bond donors (Lipinski definition) is 0. The van der Waals surface area contributed by atoms with E-state index in [2.05, 4.69) is 34.3 Å². The normalized spacial score (nSPS) is 33.0. The Hall–Kier alpha value is -0.575. The topological polar surface area (TPSA) is 27.7 Å². The van der Waals surface area contributed by atoms with E-state index in [1.807, 2.05) is 6.08 Å². The van der Waals surface area contributed by atoms with Gasteiger partial charge in [-0.05, 0) is 57.5 Å². The Morgan fingerprint density at radius 1 is 1.09 bits per heavy atom. The van der Waals surface area contributed by atoms with Crippen molar-refractivity contribution in [2.24, 2.45) is 11.8 Å². The van der Waals surface area contributed by atoms with E-state index in [-0.39, 0.29) is 18.3 Å². The number of ether oxygens (including phenoxy) is 1. The van der Waals surface area contributed by atoms with E-state index in [0.717, 1.165) is 6.61 Å². The van der Waals surface area contributed by atoms with Gasteiger partial charge in [0, 0.05) is 5.92 Å². The Kier molecular flexibility index (Phi) is 4.79. The van der Waals surface area contributed by atoms with Crippen molar-refractivity contribution < 1.29 is 14.0 Å². The lowest BCUT2D eigenvalue weighted by atomic mass is 9.63. The quantitative estimate of drug-likeness (QED) is 0.573. The SMILES string of the molecule is C=CC1COC/C1=C(\B1OC(C)(C)C(C)(C)O1)C1CCCCC1. The largest absolute Gasteiger partial charge is 0.490 e. The van der Waals surface area contributed by atoms with Crippen LogP contribution in [0.25, 0.3) is 0 Å². The summed E-state index contributed by atoms with van der Waals surface area (Å²) in [5.74, 6) is 0.878. The molecular formula is C19H31BO3. The molecule has 0 spiro atoms. The van der Waals surface area contributed by atoms with Crippen LogP contribution >= 0.6 is 0 Å². The van der Waals surface area contributed by atoms with Crippen molar-refractivity contribution >= 4 is 7.12 Å². The molecule has 1 aliphatic carbocycles. The van der Waals surface area contributed by atoms with Crippen molar-refractivity contribution in [2.75, 3.05) is 13.2 Å². The predicted octanol–water partition coefficient (Wildman–Crippen LogP) is 4.33. The number of rotatable bonds is 3. The molecule has 0 aromatic heterocycles. The third-order valence-corrected chi connectivity index (χ3v) is 6.21. The highest BCUT2D eigenvalue weighted by Gasteiger charge is 2.54. The molecule has 1 atom stereocenters. The molecule has 3 fully saturated rings. The van der Waals surface area contributed by atoms with Crippen LogP contribution in [-0.2, 0) is 14.0 Å². The van der Waals surface area contributed by atoms with Crippen LogP contribution in [0.3, 0.4) is 0 Å². The van der Waals surface area contributed by atoms with Gasteiger partial charge in [-0.1, -0.05) is 25.3 Å². The molecule has 1 saturated carbocycles. The van der Waals surface area contributed by atoms with Crippen molar-refractivity contribution in [1.82, 2.24) is 0 Å². The molecule has 23 heavy (non-hydrogen) atoms. The third kappa shape index (κ3) is 3.18. The highest BCUT2D eigenvalue weighted by molar-refractivity contribution is 6.55. The van der Waals surface area contributed by atoms with E-state index in [9.17, 15) is 0 Å². The van der Waals surface area contributed by atoms with E-state index < -0.39 is 0 Å². The standard InChI is InChI=1S/C19H31BO3/c1-6-14-12-21-13-16(14)17(15-10-8-7-9-11-15)20-22-18(2,3)19(4,5)23-20/h6,14-15H,1,7-13H2,2-5H3/b17-16+. The number of allylic oxidation sites excluding steroid dienone is 1. The van der Waals surface area contributed by atoms with Gasteiger partial charge in [0.1, 0.15) is 0 Å². The van der Waals surface area contributed by atoms with Crippen LogP contribution in [0.4, 0.5) is 0 Å². The van der Waals surface area contributed by atoms with Gasteiger partial charge in [0.25, 0.3) is 0 Å². The molecular weight excluding hydrogens is 287 g/mol. The predicted molar refractivity (Wildman–Crippen MR) is 94.2 cm³/mol. The molecule has 3 rings (SSSR count). The summed E-state index contributed by atoms with van der Waals surface area (Å²) in [6, 6.07) is 0. The summed E-state index contributed by atoms with van der Waals surface area (Å²) < 4.78 is 18.6. The second kappa shape index (κ2) is 6.38. The minimum atomic E-state index is -0.290. The number of hydrogen-bond acceptors (Lipinski definition) is 3. The highest BCUT2D eigenvalue weighted by Crippen LogP contribution is 2.44. The Labute approximate surface area is 141 Å². The summed E-state index contributed by atoms with van der Waals surface area (Å²) in [7, 11) is -0.234. The van der Waals surface area contributed by atoms with Crippen molar-refractivity contribution in [2.45, 2.75) is 71.0 Å². The molecule has 3 aliphatic rings. The molecule has 4 heteroatoms. The second-order valence-electron chi connectivity index (χ2n) is 8.26. The monoisotopic (exact) mass is 318 g/mol. The highest BCUT2D eigenvalue weighted by atomic mass is 16.7. The molecule has 2 saturated heterocycles. The fraction of sp³-hybridized carbons (Fsp3) is 0.789. The van der Waals surface area contributed by atoms with Crippen molar-refractivity contribution in [3.05, 3.63) is 23.7 Å². The van der Waals surface area contributed by atoms with E-state index in [4.69, 9.17) is 14.0 Å². The zero-order valence-corrected chi connectivity index (χ0v) is 15.2. The van der Waals surface area contributed by atoms with Crippen LogP contribution in [0.15, 0.2) is 23.7 Å². The van der Waals surface area contributed by atoms with Crippen LogP contribution in [0, 0.1) is 11.8 Å². The molecule has 2 aliphatic heterocycles. The smallest absolute Gasteiger partial charge is 0.400 e. The Morgan fingerprint density at radius 2 is 1.70 bits per heavy atom. The van der Waals surface area contributed by atoms with Crippen molar-refractivity contribution in [3.63, 3.8) is 0 Å². The molecule has 0 aromatic rings. The molecule has 128 valence electrons. The first-order chi connectivity index (χ1) is 10.9. The van der Waals surface area contributed by atoms with Crippen LogP contribution in [0.5, 0.6) is 0 Å². The lowest BCUT2D eigenvalue weighted by Crippen LogP contribution is -2.41. The molecule has 0 radical (unpaired) electrons. The molecule has 0 aromatic carbocycles. The van der Waals surface area contributed by atoms with E-state index in [0.29, 0.717) is 18.4 Å². The first kappa shape index (κ1) is 17.3. The maximum absolute atomic E-state index is 6.41. The maximum atomic E-state index is 6.41. The van der Waals surface area contributed by atoms with Gasteiger partial charge in [-0.15, -0.1) is 6.58 Å². The maximum Gasteiger partial charge on any atom is 0.490 e. The van der Waals surface area contributed by atoms with Crippen LogP contribution < -0.4 is 0 Å². The zero-order valence-electron chi connectivity index (χ0n) is 15.2. The lowest BCUT2D eigenvalue weighted by molar-refractivity contribution is 0.00578. The van der Waals surface area contributed by atoms with Crippen LogP contribution in [0.1, 0.15) is 59.8 Å². The molecule has 1 unspecified atom stereocenters. The summed E-state index contributed by atoms with van der Waals surface area (Å²) in [5, 5.41) is 0. The van der Waals surface area contributed by atoms with E-state index in [1.165, 1.54) is 43.1 Å². The van der Waals surface area contributed by atoms with Gasteiger partial charge in [0.15, 0.2) is 0 Å². The van der Waals surface area contributed by atoms with Gasteiger partial charge in [-0.2, -0.15) is 0 Å². The lowest BCUT2D eigenvalue weighted by Gasteiger charge is -2.32. The van der Waals surface area contributed by atoms with Gasteiger partial charge in [-0.3, -0.25) is 0 Å². The van der Waals surface area contributed by atoms with E-state index in [1.54, 1.807) is 0 Å². The van der Waals surface area contributed by atoms with Gasteiger partial charge >= 0.3 is 7.12 Å². The zero-order chi connectivity index (χ0) is 16.7. The van der Waals surface area contributed by atoms with Crippen LogP contribution in [0.2, 0.25) is 0 Å². The molecule has 3 nitrogen and oxygen atoms in total. The van der Waals surface area contributed by atoms with Crippen molar-refractivity contribution in [1.29, 1.82) is 0 Å². The summed E-state index contributed by atoms with van der Waals surface area (Å²) in [5.41, 5.74) is 2.15. The fourth-order valence-corrected chi connectivity index (χ4v) is 4.00. The average Bonchev–Trinajstić information content (AvgIpc) is 3.03. The van der Waals surface area contributed by atoms with Gasteiger partial charge in [0.2, 0.25) is 0 Å². The van der Waals surface area contributed by atoms with Crippen LogP contribution in [-0.4, -0.2) is 31.5 Å². The fourth-order valence-electron chi connectivity index (χ4n) is 4.00. The second-order valence-corrected chi connectivity index (χ2v) is 8.26. The minimum Gasteiger partial charge on any atom is -0.400 e. The summed E-state index contributed by atoms with van der Waals surface area (Å²) in [4.78, 5) is 0. The molecule has 0 bridgehead atoms.